The number of nitrogens with one attached hydrogen (secondary N) is 1. The lowest BCUT2D eigenvalue weighted by Crippen LogP contribution is -2.27. The molecule has 0 saturated carbocycles. The molecule has 2 atom stereocenters. The number of rotatable bonds is 12. The number of fused-ring (bicyclic) bond motifs is 1. The van der Waals surface area contributed by atoms with Gasteiger partial charge in [-0.25, -0.2) is 4.79 Å². The number of amides is 1. The molecular weight excluding hydrogens is 450 g/mol. The number of carbonyl (C=O) groups excluding carboxylic acids is 3. The number of hydrogen-bond donors (Lipinski definition) is 1. The molecule has 0 heterocycles. The third kappa shape index (κ3) is 7.08. The predicted molar refractivity (Wildman–Crippen MR) is 122 cm³/mol. The van der Waals surface area contributed by atoms with E-state index >= 15 is 0 Å². The van der Waals surface area contributed by atoms with Crippen LogP contribution in [0, 0.1) is 5.92 Å². The molecule has 2 unspecified atom stereocenters. The van der Waals surface area contributed by atoms with Gasteiger partial charge in [-0.05, 0) is 44.2 Å². The average Bonchev–Trinajstić information content (AvgIpc) is 2.79. The smallest absolute Gasteiger partial charge is 0.334 e. The molecule has 9 nitrogen and oxygen atoms in total. The van der Waals surface area contributed by atoms with Crippen LogP contribution in [-0.2, 0) is 38.2 Å². The molecule has 33 heavy (non-hydrogen) atoms. The highest BCUT2D eigenvalue weighted by molar-refractivity contribution is 7.87. The van der Waals surface area contributed by atoms with Crippen LogP contribution in [0.1, 0.15) is 33.1 Å². The molecule has 0 saturated heterocycles. The van der Waals surface area contributed by atoms with Gasteiger partial charge >= 0.3 is 5.97 Å². The Morgan fingerprint density at radius 1 is 1.03 bits per heavy atom. The van der Waals surface area contributed by atoms with Gasteiger partial charge in [-0.1, -0.05) is 24.3 Å². The number of ether oxygens (including phenoxy) is 2. The van der Waals surface area contributed by atoms with E-state index in [2.05, 4.69) is 9.50 Å². The summed E-state index contributed by atoms with van der Waals surface area (Å²) in [5.41, 5.74) is 0.298. The maximum Gasteiger partial charge on any atom is 0.334 e. The zero-order chi connectivity index (χ0) is 24.6. The fourth-order valence-electron chi connectivity index (χ4n) is 3.24. The number of esters is 1. The largest absolute Gasteiger partial charge is 0.464 e. The van der Waals surface area contributed by atoms with E-state index in [-0.39, 0.29) is 36.5 Å². The summed E-state index contributed by atoms with van der Waals surface area (Å²) in [5, 5.41) is 3.71. The standard InChI is InChI=1S/C23H29NO8S/c1-15(25)11-12-18(13-14-32-23(27)16(2)30-3)22(26)24-19-9-5-7-17-8-6-10-20(21(17)19)33(28,29)31-4/h5-10,16,18H,11-14H2,1-4H3,(H,24,26). The van der Waals surface area contributed by atoms with Crippen LogP contribution in [0.15, 0.2) is 41.3 Å². The van der Waals surface area contributed by atoms with E-state index < -0.39 is 34.0 Å². The monoisotopic (exact) mass is 479 g/mol. The van der Waals surface area contributed by atoms with Crippen LogP contribution in [0.4, 0.5) is 5.69 Å². The number of ketones is 1. The van der Waals surface area contributed by atoms with Crippen LogP contribution >= 0.6 is 0 Å². The molecule has 0 aliphatic heterocycles. The lowest BCUT2D eigenvalue weighted by Gasteiger charge is -2.18. The second-order valence-electron chi connectivity index (χ2n) is 7.54. The van der Waals surface area contributed by atoms with Crippen molar-refractivity contribution >= 4 is 44.2 Å². The maximum atomic E-state index is 13.1. The Hall–Kier alpha value is -2.82. The molecule has 0 radical (unpaired) electrons. The Morgan fingerprint density at radius 2 is 1.70 bits per heavy atom. The average molecular weight is 480 g/mol. The van der Waals surface area contributed by atoms with Gasteiger partial charge in [0.1, 0.15) is 10.7 Å². The topological polar surface area (TPSA) is 125 Å². The van der Waals surface area contributed by atoms with Crippen molar-refractivity contribution < 1.29 is 36.5 Å². The molecule has 0 aliphatic rings. The zero-order valence-corrected chi connectivity index (χ0v) is 19.9. The minimum atomic E-state index is -4.02. The molecule has 180 valence electrons. The summed E-state index contributed by atoms with van der Waals surface area (Å²) in [5.74, 6) is -1.67. The molecule has 0 fully saturated rings. The first kappa shape index (κ1) is 26.4. The number of benzene rings is 2. The molecular formula is C23H29NO8S. The van der Waals surface area contributed by atoms with Crippen molar-refractivity contribution in [1.29, 1.82) is 0 Å². The highest BCUT2D eigenvalue weighted by Gasteiger charge is 2.24. The van der Waals surface area contributed by atoms with E-state index in [0.717, 1.165) is 7.11 Å². The van der Waals surface area contributed by atoms with Crippen molar-refractivity contribution in [2.75, 3.05) is 26.1 Å². The maximum absolute atomic E-state index is 13.1. The molecule has 0 spiro atoms. The molecule has 2 aromatic carbocycles. The predicted octanol–water partition coefficient (Wildman–Crippen LogP) is 3.07. The normalized spacial score (nSPS) is 13.3. The summed E-state index contributed by atoms with van der Waals surface area (Å²) in [4.78, 5) is 36.3. The van der Waals surface area contributed by atoms with Gasteiger partial charge in [0.25, 0.3) is 10.1 Å². The molecule has 1 amide bonds. The third-order valence-corrected chi connectivity index (χ3v) is 6.54. The van der Waals surface area contributed by atoms with Crippen LogP contribution in [0.5, 0.6) is 0 Å². The van der Waals surface area contributed by atoms with Crippen molar-refractivity contribution in [2.24, 2.45) is 5.92 Å². The van der Waals surface area contributed by atoms with Crippen molar-refractivity contribution in [3.05, 3.63) is 36.4 Å². The van der Waals surface area contributed by atoms with Gasteiger partial charge in [0.2, 0.25) is 5.91 Å². The second kappa shape index (κ2) is 11.9. The number of Topliss-reactive ketones (excluding diaryl/α,β-unsaturated/α-hetero) is 1. The van der Waals surface area contributed by atoms with Crippen molar-refractivity contribution in [2.45, 2.75) is 44.1 Å². The second-order valence-corrected chi connectivity index (χ2v) is 9.22. The van der Waals surface area contributed by atoms with Crippen LogP contribution in [0.2, 0.25) is 0 Å². The Morgan fingerprint density at radius 3 is 2.30 bits per heavy atom. The van der Waals surface area contributed by atoms with E-state index in [1.807, 2.05) is 0 Å². The Bertz CT molecular complexity index is 1110. The third-order valence-electron chi connectivity index (χ3n) is 5.22. The Kier molecular flexibility index (Phi) is 9.51. The summed E-state index contributed by atoms with van der Waals surface area (Å²) in [6.45, 7) is 2.96. The van der Waals surface area contributed by atoms with Gasteiger partial charge in [-0.3, -0.25) is 8.98 Å². The van der Waals surface area contributed by atoms with Crippen molar-refractivity contribution in [1.82, 2.24) is 0 Å². The first-order chi connectivity index (χ1) is 15.6. The van der Waals surface area contributed by atoms with E-state index in [9.17, 15) is 22.8 Å². The first-order valence-corrected chi connectivity index (χ1v) is 11.8. The fourth-order valence-corrected chi connectivity index (χ4v) is 4.15. The van der Waals surface area contributed by atoms with Gasteiger partial charge in [-0.15, -0.1) is 0 Å². The van der Waals surface area contributed by atoms with E-state index in [4.69, 9.17) is 9.47 Å². The minimum absolute atomic E-state index is 0.0264. The first-order valence-electron chi connectivity index (χ1n) is 10.4. The molecule has 10 heteroatoms. The lowest BCUT2D eigenvalue weighted by molar-refractivity contribution is -0.155. The lowest BCUT2D eigenvalue weighted by atomic mass is 9.97. The fraction of sp³-hybridized carbons (Fsp3) is 0.435. The molecule has 0 aromatic heterocycles. The van der Waals surface area contributed by atoms with Gasteiger partial charge in [-0.2, -0.15) is 8.42 Å². The summed E-state index contributed by atoms with van der Waals surface area (Å²) in [6.07, 6.45) is -0.104. The zero-order valence-electron chi connectivity index (χ0n) is 19.1. The highest BCUT2D eigenvalue weighted by Crippen LogP contribution is 2.31. The number of methoxy groups -OCH3 is 1. The van der Waals surface area contributed by atoms with Gasteiger partial charge in [0, 0.05) is 30.5 Å². The molecule has 0 aliphatic carbocycles. The van der Waals surface area contributed by atoms with Crippen LogP contribution in [0.25, 0.3) is 10.8 Å². The number of carbonyl (C=O) groups is 3. The quantitative estimate of drug-likeness (QED) is 0.364. The Balaban J connectivity index is 2.29. The van der Waals surface area contributed by atoms with Gasteiger partial charge in [0.05, 0.1) is 13.7 Å². The number of hydrogen-bond acceptors (Lipinski definition) is 8. The minimum Gasteiger partial charge on any atom is -0.464 e. The number of anilines is 1. The van der Waals surface area contributed by atoms with Crippen molar-refractivity contribution in [3.8, 4) is 0 Å². The van der Waals surface area contributed by atoms with E-state index in [1.54, 1.807) is 37.3 Å². The van der Waals surface area contributed by atoms with Crippen LogP contribution < -0.4 is 5.32 Å². The summed E-state index contributed by atoms with van der Waals surface area (Å²) < 4.78 is 39.6. The molecule has 2 rings (SSSR count). The SMILES string of the molecule is COC(C)C(=O)OCCC(CCC(C)=O)C(=O)Nc1cccc2cccc(S(=O)(=O)OC)c12. The van der Waals surface area contributed by atoms with E-state index in [0.29, 0.717) is 16.5 Å². The Labute approximate surface area is 193 Å². The summed E-state index contributed by atoms with van der Waals surface area (Å²) >= 11 is 0. The summed E-state index contributed by atoms with van der Waals surface area (Å²) in [6, 6.07) is 9.73. The van der Waals surface area contributed by atoms with Crippen molar-refractivity contribution in [3.63, 3.8) is 0 Å². The molecule has 2 aromatic rings. The highest BCUT2D eigenvalue weighted by atomic mass is 32.2. The van der Waals surface area contributed by atoms with Gasteiger partial charge < -0.3 is 19.6 Å². The van der Waals surface area contributed by atoms with Crippen LogP contribution in [-0.4, -0.2) is 53.0 Å². The summed E-state index contributed by atoms with van der Waals surface area (Å²) in [7, 11) is -1.57. The molecule has 1 N–H and O–H groups in total. The molecule has 0 bridgehead atoms. The van der Waals surface area contributed by atoms with Crippen LogP contribution in [0.3, 0.4) is 0 Å². The van der Waals surface area contributed by atoms with E-state index in [1.165, 1.54) is 20.1 Å². The van der Waals surface area contributed by atoms with Gasteiger partial charge in [0.15, 0.2) is 6.10 Å².